The van der Waals surface area contributed by atoms with E-state index in [4.69, 9.17) is 9.47 Å². The highest BCUT2D eigenvalue weighted by Gasteiger charge is 2.40. The van der Waals surface area contributed by atoms with Crippen LogP contribution in [0.25, 0.3) is 0 Å². The van der Waals surface area contributed by atoms with Gasteiger partial charge in [-0.15, -0.1) is 10.1 Å². The Morgan fingerprint density at radius 1 is 1.25 bits per heavy atom. The van der Waals surface area contributed by atoms with Crippen molar-refractivity contribution in [2.75, 3.05) is 26.4 Å². The first kappa shape index (κ1) is 15.0. The normalized spacial score (nSPS) is 28.1. The zero-order valence-electron chi connectivity index (χ0n) is 11.3. The molecule has 20 heavy (non-hydrogen) atoms. The molecule has 1 N–H and O–H groups in total. The van der Waals surface area contributed by atoms with E-state index in [0.29, 0.717) is 12.0 Å². The number of nitrogens with zero attached hydrogens (tertiary/aromatic N) is 1. The second-order valence-electron chi connectivity index (χ2n) is 5.09. The van der Waals surface area contributed by atoms with Crippen LogP contribution in [0, 0.1) is 16.0 Å². The lowest BCUT2D eigenvalue weighted by molar-refractivity contribution is -0.758. The van der Waals surface area contributed by atoms with Crippen LogP contribution in [-0.4, -0.2) is 49.6 Å². The Kier molecular flexibility index (Phi) is 5.54. The van der Waals surface area contributed by atoms with Gasteiger partial charge in [0, 0.05) is 6.04 Å². The predicted molar refractivity (Wildman–Crippen MR) is 67.4 cm³/mol. The topological polar surface area (TPSA) is 99.9 Å². The minimum atomic E-state index is -0.869. The van der Waals surface area contributed by atoms with Gasteiger partial charge < -0.3 is 19.6 Å². The van der Waals surface area contributed by atoms with Gasteiger partial charge in [0.25, 0.3) is 5.09 Å². The summed E-state index contributed by atoms with van der Waals surface area (Å²) in [6.45, 7) is 0.357. The first-order chi connectivity index (χ1) is 9.66. The summed E-state index contributed by atoms with van der Waals surface area (Å²) in [5.41, 5.74) is 0. The number of rotatable bonds is 8. The average molecular weight is 288 g/mol. The van der Waals surface area contributed by atoms with Crippen molar-refractivity contribution in [3.05, 3.63) is 10.1 Å². The molecule has 1 aliphatic heterocycles. The van der Waals surface area contributed by atoms with Crippen molar-refractivity contribution in [2.45, 2.75) is 37.8 Å². The van der Waals surface area contributed by atoms with Crippen molar-refractivity contribution in [2.24, 2.45) is 5.92 Å². The van der Waals surface area contributed by atoms with E-state index in [0.717, 1.165) is 12.8 Å². The Morgan fingerprint density at radius 3 is 2.80 bits per heavy atom. The second kappa shape index (κ2) is 7.39. The lowest BCUT2D eigenvalue weighted by atomic mass is 10.0. The molecule has 1 saturated heterocycles. The predicted octanol–water partition coefficient (Wildman–Crippen LogP) is 0.285. The molecule has 0 aromatic carbocycles. The zero-order valence-corrected chi connectivity index (χ0v) is 11.3. The minimum absolute atomic E-state index is 0.102. The summed E-state index contributed by atoms with van der Waals surface area (Å²) in [5, 5.41) is 12.3. The minimum Gasteiger partial charge on any atom is -0.462 e. The van der Waals surface area contributed by atoms with Crippen LogP contribution in [0.4, 0.5) is 0 Å². The molecule has 114 valence electrons. The van der Waals surface area contributed by atoms with E-state index in [1.807, 2.05) is 0 Å². The van der Waals surface area contributed by atoms with Gasteiger partial charge in [-0.05, 0) is 25.2 Å². The maximum absolute atomic E-state index is 11.8. The number of hydrogen-bond donors (Lipinski definition) is 1. The molecular weight excluding hydrogens is 268 g/mol. The zero-order chi connectivity index (χ0) is 14.4. The van der Waals surface area contributed by atoms with Gasteiger partial charge in [-0.2, -0.15) is 0 Å². The molecule has 0 amide bonds. The molecule has 1 heterocycles. The van der Waals surface area contributed by atoms with Crippen LogP contribution in [0.15, 0.2) is 0 Å². The van der Waals surface area contributed by atoms with Gasteiger partial charge in [-0.1, -0.05) is 6.42 Å². The third-order valence-corrected chi connectivity index (χ3v) is 3.79. The highest BCUT2D eigenvalue weighted by atomic mass is 17.0. The molecule has 0 radical (unpaired) electrons. The largest absolute Gasteiger partial charge is 0.462 e. The van der Waals surface area contributed by atoms with Crippen LogP contribution in [0.3, 0.4) is 0 Å². The van der Waals surface area contributed by atoms with Crippen LogP contribution >= 0.6 is 0 Å². The first-order valence-electron chi connectivity index (χ1n) is 6.94. The molecule has 2 fully saturated rings. The molecule has 1 saturated carbocycles. The Hall–Kier alpha value is -1.41. The summed E-state index contributed by atoms with van der Waals surface area (Å²) in [4.78, 5) is 25.7. The van der Waals surface area contributed by atoms with Crippen LogP contribution in [0.1, 0.15) is 25.7 Å². The number of fused-ring (bicyclic) bond motifs is 1. The number of ether oxygens (including phenoxy) is 2. The Morgan fingerprint density at radius 2 is 2.05 bits per heavy atom. The molecule has 8 heteroatoms. The number of carbonyl (C=O) groups is 1. The van der Waals surface area contributed by atoms with E-state index >= 15 is 0 Å². The van der Waals surface area contributed by atoms with Crippen molar-refractivity contribution in [3.63, 3.8) is 0 Å². The lowest BCUT2D eigenvalue weighted by Crippen LogP contribution is -2.37. The van der Waals surface area contributed by atoms with Crippen LogP contribution in [-0.2, 0) is 19.1 Å². The Labute approximate surface area is 116 Å². The molecule has 0 aromatic heterocycles. The van der Waals surface area contributed by atoms with Gasteiger partial charge in [0.15, 0.2) is 0 Å². The smallest absolute Gasteiger partial charge is 0.323 e. The fraction of sp³-hybridized carbons (Fsp3) is 0.917. The molecular formula is C12H20N2O6. The molecule has 0 spiro atoms. The van der Waals surface area contributed by atoms with Gasteiger partial charge in [0.05, 0.1) is 13.2 Å². The fourth-order valence-corrected chi connectivity index (χ4v) is 2.91. The van der Waals surface area contributed by atoms with Crippen molar-refractivity contribution >= 4 is 5.97 Å². The van der Waals surface area contributed by atoms with Crippen molar-refractivity contribution in [1.29, 1.82) is 0 Å². The average Bonchev–Trinajstić information content (AvgIpc) is 2.97. The van der Waals surface area contributed by atoms with Gasteiger partial charge >= 0.3 is 5.97 Å². The van der Waals surface area contributed by atoms with Crippen molar-refractivity contribution < 1.29 is 24.2 Å². The van der Waals surface area contributed by atoms with E-state index in [1.54, 1.807) is 0 Å². The summed E-state index contributed by atoms with van der Waals surface area (Å²) in [6, 6.07) is 0.284. The second-order valence-corrected chi connectivity index (χ2v) is 5.09. The summed E-state index contributed by atoms with van der Waals surface area (Å²) in [5.74, 6) is 0.382. The molecule has 3 atom stereocenters. The third kappa shape index (κ3) is 4.31. The molecule has 2 aliphatic rings. The SMILES string of the molecule is O=C(OCCOCCO[N+](=O)[O-])C1CC2CCCC2N1. The van der Waals surface area contributed by atoms with Crippen LogP contribution < -0.4 is 5.32 Å². The quantitative estimate of drug-likeness (QED) is 0.296. The molecule has 0 aromatic rings. The monoisotopic (exact) mass is 288 g/mol. The Balaban J connectivity index is 1.49. The summed E-state index contributed by atoms with van der Waals surface area (Å²) in [6.07, 6.45) is 4.44. The van der Waals surface area contributed by atoms with Gasteiger partial charge in [0.2, 0.25) is 0 Å². The summed E-state index contributed by atoms with van der Waals surface area (Å²) < 4.78 is 10.2. The van der Waals surface area contributed by atoms with E-state index < -0.39 is 5.09 Å². The van der Waals surface area contributed by atoms with Gasteiger partial charge in [-0.3, -0.25) is 4.79 Å². The molecule has 2 rings (SSSR count). The maximum Gasteiger partial charge on any atom is 0.323 e. The molecule has 8 nitrogen and oxygen atoms in total. The molecule has 3 unspecified atom stereocenters. The van der Waals surface area contributed by atoms with Crippen molar-refractivity contribution in [1.82, 2.24) is 5.32 Å². The standard InChI is InChI=1S/C12H20N2O6/c15-12(11-8-9-2-1-3-10(9)13-11)19-6-4-18-5-7-20-14(16)17/h9-11,13H,1-8H2. The van der Waals surface area contributed by atoms with E-state index in [1.165, 1.54) is 12.8 Å². The van der Waals surface area contributed by atoms with Crippen LogP contribution in [0.5, 0.6) is 0 Å². The lowest BCUT2D eigenvalue weighted by Gasteiger charge is -2.12. The molecule has 1 aliphatic carbocycles. The fourth-order valence-electron chi connectivity index (χ4n) is 2.91. The van der Waals surface area contributed by atoms with Crippen LogP contribution in [0.2, 0.25) is 0 Å². The number of esters is 1. The highest BCUT2D eigenvalue weighted by Crippen LogP contribution is 2.34. The summed E-state index contributed by atoms with van der Waals surface area (Å²) in [7, 11) is 0. The van der Waals surface area contributed by atoms with Gasteiger partial charge in [0.1, 0.15) is 19.3 Å². The van der Waals surface area contributed by atoms with Crippen molar-refractivity contribution in [3.8, 4) is 0 Å². The van der Waals surface area contributed by atoms with E-state index in [2.05, 4.69) is 10.2 Å². The summed E-state index contributed by atoms with van der Waals surface area (Å²) >= 11 is 0. The van der Waals surface area contributed by atoms with E-state index in [9.17, 15) is 14.9 Å². The van der Waals surface area contributed by atoms with Gasteiger partial charge in [-0.25, -0.2) is 0 Å². The highest BCUT2D eigenvalue weighted by molar-refractivity contribution is 5.76. The molecule has 0 bridgehead atoms. The maximum atomic E-state index is 11.8. The first-order valence-corrected chi connectivity index (χ1v) is 6.94. The van der Waals surface area contributed by atoms with E-state index in [-0.39, 0.29) is 38.4 Å². The number of hydrogen-bond acceptors (Lipinski definition) is 7. The number of carbonyl (C=O) groups excluding carboxylic acids is 1. The third-order valence-electron chi connectivity index (χ3n) is 3.79. The number of nitrogens with one attached hydrogen (secondary N) is 1. The Bertz CT molecular complexity index is 339.